The average Bonchev–Trinajstić information content (AvgIpc) is 2.17. The Morgan fingerprint density at radius 2 is 1.79 bits per heavy atom. The molecule has 0 aromatic rings. The van der Waals surface area contributed by atoms with Crippen molar-refractivity contribution in [3.8, 4) is 0 Å². The van der Waals surface area contributed by atoms with Crippen LogP contribution in [-0.2, 0) is 9.53 Å². The van der Waals surface area contributed by atoms with Crippen molar-refractivity contribution in [2.24, 2.45) is 5.92 Å². The van der Waals surface area contributed by atoms with Crippen molar-refractivity contribution in [2.75, 3.05) is 13.2 Å². The Labute approximate surface area is 88.2 Å². The molecular formula is C11H25NO2. The molecule has 0 aliphatic heterocycles. The largest absolute Gasteiger partial charge is 0.377 e. The molecule has 0 rings (SSSR count). The Hall–Kier alpha value is -0.570. The van der Waals surface area contributed by atoms with E-state index in [0.29, 0.717) is 13.2 Å². The van der Waals surface area contributed by atoms with Gasteiger partial charge in [-0.25, -0.2) is 0 Å². The van der Waals surface area contributed by atoms with Gasteiger partial charge in [0.2, 0.25) is 5.91 Å². The van der Waals surface area contributed by atoms with Crippen LogP contribution in [0.3, 0.4) is 0 Å². The number of amides is 1. The predicted molar refractivity (Wildman–Crippen MR) is 60.3 cm³/mol. The molecule has 0 spiro atoms. The molecule has 0 aromatic heterocycles. The summed E-state index contributed by atoms with van der Waals surface area (Å²) in [5.41, 5.74) is 0. The van der Waals surface area contributed by atoms with Gasteiger partial charge in [0.1, 0.15) is 0 Å². The van der Waals surface area contributed by atoms with Crippen LogP contribution >= 0.6 is 0 Å². The molecule has 0 aliphatic carbocycles. The van der Waals surface area contributed by atoms with Crippen LogP contribution in [0.4, 0.5) is 0 Å². The lowest BCUT2D eigenvalue weighted by Gasteiger charge is -2.13. The van der Waals surface area contributed by atoms with Gasteiger partial charge in [-0.15, -0.1) is 0 Å². The van der Waals surface area contributed by atoms with Gasteiger partial charge in [0, 0.05) is 19.1 Å². The minimum atomic E-state index is 0.0545. The number of carbonyl (C=O) groups is 1. The normalized spacial score (nSPS) is 11.6. The van der Waals surface area contributed by atoms with Crippen molar-refractivity contribution in [3.05, 3.63) is 0 Å². The van der Waals surface area contributed by atoms with Crippen LogP contribution in [0.1, 0.15) is 41.5 Å². The molecule has 0 saturated heterocycles. The maximum absolute atomic E-state index is 11.1. The number of rotatable bonds is 5. The molecule has 1 unspecified atom stereocenters. The van der Waals surface area contributed by atoms with Crippen LogP contribution in [-0.4, -0.2) is 25.2 Å². The maximum Gasteiger partial charge on any atom is 0.222 e. The standard InChI is InChI=1S/C9H19NO2.C2H6/c1-5-12-8(4)6-10-9(11)7(2)3;1-2/h7-8H,5-6H2,1-4H3,(H,10,11);1-2H3. The lowest BCUT2D eigenvalue weighted by Crippen LogP contribution is -2.34. The van der Waals surface area contributed by atoms with E-state index in [0.717, 1.165) is 0 Å². The zero-order valence-corrected chi connectivity index (χ0v) is 10.4. The molecule has 0 heterocycles. The Kier molecular flexibility index (Phi) is 11.9. The van der Waals surface area contributed by atoms with Crippen LogP contribution in [0.15, 0.2) is 0 Å². The number of nitrogens with one attached hydrogen (secondary N) is 1. The third-order valence-electron chi connectivity index (χ3n) is 1.54. The summed E-state index contributed by atoms with van der Waals surface area (Å²) in [5, 5.41) is 2.80. The zero-order valence-electron chi connectivity index (χ0n) is 10.4. The molecular weight excluding hydrogens is 178 g/mol. The quantitative estimate of drug-likeness (QED) is 0.744. The van der Waals surface area contributed by atoms with Gasteiger partial charge in [-0.3, -0.25) is 4.79 Å². The summed E-state index contributed by atoms with van der Waals surface area (Å²) in [6.45, 7) is 12.9. The van der Waals surface area contributed by atoms with Crippen LogP contribution < -0.4 is 5.32 Å². The number of hydrogen-bond donors (Lipinski definition) is 1. The van der Waals surface area contributed by atoms with Gasteiger partial charge in [0.15, 0.2) is 0 Å². The average molecular weight is 203 g/mol. The van der Waals surface area contributed by atoms with Crippen LogP contribution in [0.2, 0.25) is 0 Å². The van der Waals surface area contributed by atoms with Crippen molar-refractivity contribution in [1.29, 1.82) is 0 Å². The highest BCUT2D eigenvalue weighted by Crippen LogP contribution is 1.92. The first-order chi connectivity index (χ1) is 6.57. The molecule has 1 N–H and O–H groups in total. The van der Waals surface area contributed by atoms with Gasteiger partial charge in [-0.2, -0.15) is 0 Å². The minimum absolute atomic E-state index is 0.0545. The summed E-state index contributed by atoms with van der Waals surface area (Å²) in [7, 11) is 0. The van der Waals surface area contributed by atoms with Gasteiger partial charge in [-0.1, -0.05) is 27.7 Å². The fourth-order valence-electron chi connectivity index (χ4n) is 0.792. The van der Waals surface area contributed by atoms with Gasteiger partial charge >= 0.3 is 0 Å². The lowest BCUT2D eigenvalue weighted by atomic mass is 10.2. The van der Waals surface area contributed by atoms with Crippen molar-refractivity contribution in [3.63, 3.8) is 0 Å². The van der Waals surface area contributed by atoms with Crippen LogP contribution in [0, 0.1) is 5.92 Å². The Balaban J connectivity index is 0. The highest BCUT2D eigenvalue weighted by atomic mass is 16.5. The fraction of sp³-hybridized carbons (Fsp3) is 0.909. The summed E-state index contributed by atoms with van der Waals surface area (Å²) in [6.07, 6.45) is 0.109. The Bertz CT molecular complexity index is 135. The minimum Gasteiger partial charge on any atom is -0.377 e. The predicted octanol–water partition coefficient (Wildman–Crippen LogP) is 2.21. The van der Waals surface area contributed by atoms with Gasteiger partial charge in [0.25, 0.3) is 0 Å². The first kappa shape index (κ1) is 15.9. The second kappa shape index (κ2) is 10.5. The van der Waals surface area contributed by atoms with E-state index < -0.39 is 0 Å². The molecule has 86 valence electrons. The van der Waals surface area contributed by atoms with E-state index in [1.165, 1.54) is 0 Å². The summed E-state index contributed by atoms with van der Waals surface area (Å²) in [5.74, 6) is 0.139. The smallest absolute Gasteiger partial charge is 0.222 e. The molecule has 0 bridgehead atoms. The monoisotopic (exact) mass is 203 g/mol. The van der Waals surface area contributed by atoms with Crippen molar-refractivity contribution in [1.82, 2.24) is 5.32 Å². The highest BCUT2D eigenvalue weighted by Gasteiger charge is 2.07. The van der Waals surface area contributed by atoms with Crippen molar-refractivity contribution < 1.29 is 9.53 Å². The summed E-state index contributed by atoms with van der Waals surface area (Å²) >= 11 is 0. The molecule has 3 nitrogen and oxygen atoms in total. The molecule has 1 atom stereocenters. The fourth-order valence-corrected chi connectivity index (χ4v) is 0.792. The van der Waals surface area contributed by atoms with Crippen molar-refractivity contribution in [2.45, 2.75) is 47.6 Å². The second-order valence-electron chi connectivity index (χ2n) is 3.17. The first-order valence-corrected chi connectivity index (χ1v) is 5.47. The van der Waals surface area contributed by atoms with Crippen LogP contribution in [0.25, 0.3) is 0 Å². The topological polar surface area (TPSA) is 38.3 Å². The lowest BCUT2D eigenvalue weighted by molar-refractivity contribution is -0.124. The molecule has 14 heavy (non-hydrogen) atoms. The maximum atomic E-state index is 11.1. The van der Waals surface area contributed by atoms with E-state index in [2.05, 4.69) is 5.32 Å². The summed E-state index contributed by atoms with van der Waals surface area (Å²) < 4.78 is 5.26. The van der Waals surface area contributed by atoms with E-state index in [4.69, 9.17) is 4.74 Å². The van der Waals surface area contributed by atoms with Gasteiger partial charge in [-0.05, 0) is 13.8 Å². The third kappa shape index (κ3) is 9.52. The summed E-state index contributed by atoms with van der Waals surface area (Å²) in [4.78, 5) is 11.1. The zero-order chi connectivity index (χ0) is 11.6. The highest BCUT2D eigenvalue weighted by molar-refractivity contribution is 5.77. The molecule has 0 saturated carbocycles. The number of carbonyl (C=O) groups excluding carboxylic acids is 1. The SMILES string of the molecule is CC.CCOC(C)CNC(=O)C(C)C. The molecule has 0 aromatic carbocycles. The third-order valence-corrected chi connectivity index (χ3v) is 1.54. The van der Waals surface area contributed by atoms with Crippen LogP contribution in [0.5, 0.6) is 0 Å². The van der Waals surface area contributed by atoms with Crippen molar-refractivity contribution >= 4 is 5.91 Å². The second-order valence-corrected chi connectivity index (χ2v) is 3.17. The molecule has 0 fully saturated rings. The Morgan fingerprint density at radius 1 is 1.29 bits per heavy atom. The van der Waals surface area contributed by atoms with E-state index in [1.54, 1.807) is 0 Å². The van der Waals surface area contributed by atoms with Gasteiger partial charge in [0.05, 0.1) is 6.10 Å². The number of ether oxygens (including phenoxy) is 1. The number of hydrogen-bond acceptors (Lipinski definition) is 2. The van der Waals surface area contributed by atoms with E-state index in [9.17, 15) is 4.79 Å². The Morgan fingerprint density at radius 3 is 2.14 bits per heavy atom. The molecule has 0 aliphatic rings. The molecule has 3 heteroatoms. The van der Waals surface area contributed by atoms with E-state index >= 15 is 0 Å². The van der Waals surface area contributed by atoms with Gasteiger partial charge < -0.3 is 10.1 Å². The molecule has 0 radical (unpaired) electrons. The summed E-state index contributed by atoms with van der Waals surface area (Å²) in [6, 6.07) is 0. The molecule has 1 amide bonds. The van der Waals surface area contributed by atoms with E-state index in [-0.39, 0.29) is 17.9 Å². The van der Waals surface area contributed by atoms with E-state index in [1.807, 2.05) is 41.5 Å². The first-order valence-electron chi connectivity index (χ1n) is 5.47.